The summed E-state index contributed by atoms with van der Waals surface area (Å²) in [5.41, 5.74) is 1.97. The van der Waals surface area contributed by atoms with Gasteiger partial charge in [-0.3, -0.25) is 0 Å². The summed E-state index contributed by atoms with van der Waals surface area (Å²) < 4.78 is 5.17. The summed E-state index contributed by atoms with van der Waals surface area (Å²) in [7, 11) is 0. The summed E-state index contributed by atoms with van der Waals surface area (Å²) in [6.45, 7) is 5.81. The lowest BCUT2D eigenvalue weighted by Gasteiger charge is -2.11. The Morgan fingerprint density at radius 2 is 1.14 bits per heavy atom. The Kier molecular flexibility index (Phi) is 5.68. The first-order chi connectivity index (χ1) is 17.1. The van der Waals surface area contributed by atoms with Gasteiger partial charge in [-0.1, -0.05) is 93.3 Å². The lowest BCUT2D eigenvalue weighted by atomic mass is 9.93. The highest BCUT2D eigenvalue weighted by Crippen LogP contribution is 2.48. The molecule has 0 radical (unpaired) electrons. The number of hydrogen-bond acceptors (Lipinski definition) is 2. The van der Waals surface area contributed by atoms with Crippen molar-refractivity contribution in [2.24, 2.45) is 0 Å². The molecule has 176 valence electrons. The van der Waals surface area contributed by atoms with Crippen LogP contribution in [-0.2, 0) is 16.0 Å². The van der Waals surface area contributed by atoms with Crippen molar-refractivity contribution < 1.29 is 9.53 Å². The van der Waals surface area contributed by atoms with Crippen LogP contribution in [0.2, 0.25) is 0 Å². The zero-order valence-electron chi connectivity index (χ0n) is 20.6. The van der Waals surface area contributed by atoms with Crippen molar-refractivity contribution >= 4 is 59.8 Å². The molecule has 2 nitrogen and oxygen atoms in total. The van der Waals surface area contributed by atoms with Crippen LogP contribution in [0.4, 0.5) is 0 Å². The van der Waals surface area contributed by atoms with Crippen molar-refractivity contribution in [1.29, 1.82) is 0 Å². The highest BCUT2D eigenvalue weighted by atomic mass is 16.5. The topological polar surface area (TPSA) is 26.3 Å². The molecule has 0 saturated heterocycles. The predicted octanol–water partition coefficient (Wildman–Crippen LogP) is 9.16. The molecule has 0 N–H and O–H groups in total. The van der Waals surface area contributed by atoms with Crippen LogP contribution in [0.3, 0.4) is 0 Å². The second kappa shape index (κ2) is 9.00. The molecule has 0 amide bonds. The summed E-state index contributed by atoms with van der Waals surface area (Å²) in [6, 6.07) is 20.9. The van der Waals surface area contributed by atoms with Crippen LogP contribution in [-0.4, -0.2) is 12.6 Å². The molecule has 35 heavy (non-hydrogen) atoms. The van der Waals surface area contributed by atoms with Gasteiger partial charge in [0.05, 0.1) is 6.61 Å². The van der Waals surface area contributed by atoms with E-state index in [0.717, 1.165) is 19.3 Å². The number of unbranched alkanes of at least 4 members (excludes halogenated alkanes) is 6. The molecule has 0 fully saturated rings. The Morgan fingerprint density at radius 3 is 1.77 bits per heavy atom. The van der Waals surface area contributed by atoms with Crippen LogP contribution in [0.15, 0.2) is 66.7 Å². The molecule has 6 aromatic carbocycles. The van der Waals surface area contributed by atoms with E-state index in [-0.39, 0.29) is 5.97 Å². The van der Waals surface area contributed by atoms with Crippen molar-refractivity contribution in [2.75, 3.05) is 6.61 Å². The fraction of sp³-hybridized carbons (Fsp3) is 0.303. The number of esters is 1. The molecule has 0 aliphatic carbocycles. The van der Waals surface area contributed by atoms with E-state index in [1.54, 1.807) is 6.92 Å². The monoisotopic (exact) mass is 460 g/mol. The molecule has 6 rings (SSSR count). The maximum absolute atomic E-state index is 11.4. The standard InChI is InChI=1S/C33H32O2/c1-21(2)33(34)35-19-9-7-5-3-4-6-8-10-25-20-26-16-15-23-12-11-22-13-14-24-17-18-27(25)32-30(24)28(22)29(23)31(26)32/h11-18,20H,1,3-10,19H2,2H3. The Bertz CT molecular complexity index is 1600. The molecule has 0 atom stereocenters. The van der Waals surface area contributed by atoms with Gasteiger partial charge in [-0.25, -0.2) is 4.79 Å². The molecule has 0 aromatic heterocycles. The highest BCUT2D eigenvalue weighted by molar-refractivity contribution is 6.44. The maximum Gasteiger partial charge on any atom is 0.333 e. The molecule has 0 aliphatic rings. The van der Waals surface area contributed by atoms with Crippen LogP contribution < -0.4 is 0 Å². The van der Waals surface area contributed by atoms with E-state index < -0.39 is 0 Å². The van der Waals surface area contributed by atoms with Crippen molar-refractivity contribution in [3.05, 3.63) is 72.3 Å². The van der Waals surface area contributed by atoms with Crippen LogP contribution >= 0.6 is 0 Å². The molecule has 0 aliphatic heterocycles. The van der Waals surface area contributed by atoms with Crippen molar-refractivity contribution in [1.82, 2.24) is 0 Å². The minimum Gasteiger partial charge on any atom is -0.462 e. The number of ether oxygens (including phenoxy) is 1. The number of aryl methyl sites for hydroxylation is 1. The minimum absolute atomic E-state index is 0.271. The number of benzene rings is 5. The highest BCUT2D eigenvalue weighted by Gasteiger charge is 2.21. The third kappa shape index (κ3) is 3.76. The van der Waals surface area contributed by atoms with Crippen LogP contribution in [0, 0.1) is 0 Å². The molecule has 0 spiro atoms. The largest absolute Gasteiger partial charge is 0.462 e. The first-order valence-corrected chi connectivity index (χ1v) is 13.1. The second-order valence-corrected chi connectivity index (χ2v) is 10.3. The van der Waals surface area contributed by atoms with Crippen molar-refractivity contribution in [2.45, 2.75) is 58.3 Å². The third-order valence-electron chi connectivity index (χ3n) is 7.78. The summed E-state index contributed by atoms with van der Waals surface area (Å²) in [5.74, 6) is -0.271. The van der Waals surface area contributed by atoms with Gasteiger partial charge >= 0.3 is 5.97 Å². The minimum atomic E-state index is -0.271. The van der Waals surface area contributed by atoms with E-state index in [1.807, 2.05) is 0 Å². The first kappa shape index (κ1) is 22.1. The Balaban J connectivity index is 1.12. The Labute approximate surface area is 206 Å². The number of carbonyl (C=O) groups excluding carboxylic acids is 1. The molecule has 0 heterocycles. The fourth-order valence-corrected chi connectivity index (χ4v) is 6.04. The molecule has 6 aromatic rings. The van der Waals surface area contributed by atoms with Gasteiger partial charge in [-0.2, -0.15) is 0 Å². The van der Waals surface area contributed by atoms with Crippen molar-refractivity contribution in [3.8, 4) is 0 Å². The second-order valence-electron chi connectivity index (χ2n) is 10.3. The number of rotatable bonds is 11. The fourth-order valence-electron chi connectivity index (χ4n) is 6.04. The summed E-state index contributed by atoms with van der Waals surface area (Å²) in [5, 5.41) is 14.2. The molecular formula is C33H32O2. The van der Waals surface area contributed by atoms with Crippen LogP contribution in [0.25, 0.3) is 53.9 Å². The zero-order valence-corrected chi connectivity index (χ0v) is 20.6. The van der Waals surface area contributed by atoms with Crippen LogP contribution in [0.1, 0.15) is 57.4 Å². The van der Waals surface area contributed by atoms with Gasteiger partial charge in [0.15, 0.2) is 0 Å². The van der Waals surface area contributed by atoms with E-state index in [1.165, 1.54) is 91.5 Å². The Hall–Kier alpha value is -3.39. The first-order valence-electron chi connectivity index (χ1n) is 13.1. The number of hydrogen-bond donors (Lipinski definition) is 0. The lowest BCUT2D eigenvalue weighted by Crippen LogP contribution is -2.05. The van der Waals surface area contributed by atoms with Gasteiger partial charge < -0.3 is 4.74 Å². The smallest absolute Gasteiger partial charge is 0.333 e. The molecule has 0 bridgehead atoms. The summed E-state index contributed by atoms with van der Waals surface area (Å²) in [6.07, 6.45) is 9.43. The Morgan fingerprint density at radius 1 is 0.657 bits per heavy atom. The summed E-state index contributed by atoms with van der Waals surface area (Å²) in [4.78, 5) is 11.4. The number of carbonyl (C=O) groups is 1. The average Bonchev–Trinajstić information content (AvgIpc) is 3.24. The molecule has 2 heteroatoms. The normalized spacial score (nSPS) is 12.3. The zero-order chi connectivity index (χ0) is 23.9. The van der Waals surface area contributed by atoms with E-state index in [0.29, 0.717) is 12.2 Å². The van der Waals surface area contributed by atoms with E-state index in [4.69, 9.17) is 4.74 Å². The van der Waals surface area contributed by atoms with Gasteiger partial charge in [-0.15, -0.1) is 0 Å². The lowest BCUT2D eigenvalue weighted by molar-refractivity contribution is -0.139. The SMILES string of the molecule is C=C(C)C(=O)OCCCCCCCCCc1cc2ccc3ccc4ccc5ccc1c1c5c4c3c21. The van der Waals surface area contributed by atoms with Gasteiger partial charge in [0.2, 0.25) is 0 Å². The predicted molar refractivity (Wildman–Crippen MR) is 149 cm³/mol. The van der Waals surface area contributed by atoms with Gasteiger partial charge in [0.1, 0.15) is 0 Å². The molecular weight excluding hydrogens is 428 g/mol. The molecule has 0 unspecified atom stereocenters. The van der Waals surface area contributed by atoms with Gasteiger partial charge in [0.25, 0.3) is 0 Å². The van der Waals surface area contributed by atoms with Gasteiger partial charge in [-0.05, 0) is 85.6 Å². The third-order valence-corrected chi connectivity index (χ3v) is 7.78. The van der Waals surface area contributed by atoms with E-state index in [9.17, 15) is 4.79 Å². The van der Waals surface area contributed by atoms with E-state index in [2.05, 4.69) is 61.2 Å². The quantitative estimate of drug-likeness (QED) is 0.0833. The average molecular weight is 461 g/mol. The van der Waals surface area contributed by atoms with Crippen molar-refractivity contribution in [3.63, 3.8) is 0 Å². The van der Waals surface area contributed by atoms with E-state index >= 15 is 0 Å². The summed E-state index contributed by atoms with van der Waals surface area (Å²) >= 11 is 0. The van der Waals surface area contributed by atoms with Crippen LogP contribution in [0.5, 0.6) is 0 Å². The molecule has 0 saturated carbocycles. The van der Waals surface area contributed by atoms with Gasteiger partial charge in [0, 0.05) is 5.57 Å². The maximum atomic E-state index is 11.4.